The molecule has 1 aliphatic heterocycles. The third-order valence-electron chi connectivity index (χ3n) is 4.17. The molecule has 1 aliphatic rings. The number of nitrogens with one attached hydrogen (secondary N) is 1. The van der Waals surface area contributed by atoms with Gasteiger partial charge in [0.05, 0.1) is 29.6 Å². The van der Waals surface area contributed by atoms with Gasteiger partial charge in [0.1, 0.15) is 5.60 Å². The van der Waals surface area contributed by atoms with Gasteiger partial charge in [-0.2, -0.15) is 5.26 Å². The van der Waals surface area contributed by atoms with Gasteiger partial charge < -0.3 is 9.64 Å². The predicted octanol–water partition coefficient (Wildman–Crippen LogP) is 3.66. The van der Waals surface area contributed by atoms with Crippen molar-refractivity contribution in [2.75, 3.05) is 23.3 Å². The highest BCUT2D eigenvalue weighted by Gasteiger charge is 2.33. The third kappa shape index (κ3) is 4.38. The maximum atomic E-state index is 12.1. The Bertz CT molecular complexity index is 621. The first-order valence-corrected chi connectivity index (χ1v) is 8.30. The average Bonchev–Trinajstić information content (AvgIpc) is 2.45. The van der Waals surface area contributed by atoms with Gasteiger partial charge in [0, 0.05) is 19.3 Å². The summed E-state index contributed by atoms with van der Waals surface area (Å²) in [6.45, 7) is 11.2. The lowest BCUT2D eigenvalue weighted by Crippen LogP contribution is -2.44. The zero-order valence-corrected chi connectivity index (χ0v) is 15.0. The number of rotatable bonds is 2. The van der Waals surface area contributed by atoms with Gasteiger partial charge in [-0.1, -0.05) is 13.8 Å². The first kappa shape index (κ1) is 18.1. The molecule has 6 heteroatoms. The largest absolute Gasteiger partial charge is 0.444 e. The molecular weight excluding hydrogens is 304 g/mol. The van der Waals surface area contributed by atoms with Gasteiger partial charge in [0.25, 0.3) is 0 Å². The van der Waals surface area contributed by atoms with Crippen molar-refractivity contribution < 1.29 is 9.53 Å². The lowest BCUT2D eigenvalue weighted by Gasteiger charge is -2.40. The van der Waals surface area contributed by atoms with Crippen molar-refractivity contribution in [2.24, 2.45) is 17.8 Å². The first-order valence-electron chi connectivity index (χ1n) is 8.30. The van der Waals surface area contributed by atoms with Gasteiger partial charge in [-0.15, -0.1) is 0 Å². The second-order valence-electron chi connectivity index (χ2n) is 7.53. The molecule has 0 aliphatic carbocycles. The fraction of sp³-hybridized carbons (Fsp3) is 0.611. The van der Waals surface area contributed by atoms with Crippen LogP contribution in [0.4, 0.5) is 16.2 Å². The molecule has 1 aromatic rings. The van der Waals surface area contributed by atoms with E-state index in [0.717, 1.165) is 18.8 Å². The van der Waals surface area contributed by atoms with Gasteiger partial charge in [-0.05, 0) is 38.7 Å². The van der Waals surface area contributed by atoms with E-state index < -0.39 is 11.7 Å². The van der Waals surface area contributed by atoms with Crippen molar-refractivity contribution >= 4 is 17.5 Å². The third-order valence-corrected chi connectivity index (χ3v) is 4.17. The van der Waals surface area contributed by atoms with Gasteiger partial charge in [-0.3, -0.25) is 10.3 Å². The molecule has 1 aromatic heterocycles. The second kappa shape index (κ2) is 7.08. The van der Waals surface area contributed by atoms with Crippen LogP contribution in [-0.2, 0) is 4.74 Å². The van der Waals surface area contributed by atoms with Crippen LogP contribution in [0.5, 0.6) is 0 Å². The molecule has 6 nitrogen and oxygen atoms in total. The number of aromatic nitrogens is 1. The number of hydrogen-bond acceptors (Lipinski definition) is 5. The molecule has 0 bridgehead atoms. The summed E-state index contributed by atoms with van der Waals surface area (Å²) in [5.74, 6) is 0.591. The summed E-state index contributed by atoms with van der Waals surface area (Å²) in [6.07, 6.45) is 2.84. The minimum Gasteiger partial charge on any atom is -0.444 e. The number of carbonyl (C=O) groups excluding carboxylic acids is 1. The van der Waals surface area contributed by atoms with Crippen LogP contribution in [0.3, 0.4) is 0 Å². The summed E-state index contributed by atoms with van der Waals surface area (Å²) < 4.78 is 5.32. The molecule has 130 valence electrons. The molecule has 3 atom stereocenters. The Labute approximate surface area is 143 Å². The van der Waals surface area contributed by atoms with Crippen LogP contribution in [-0.4, -0.2) is 29.8 Å². The Kier molecular flexibility index (Phi) is 5.33. The van der Waals surface area contributed by atoms with Crippen LogP contribution in [0.2, 0.25) is 0 Å². The Morgan fingerprint density at radius 2 is 2.00 bits per heavy atom. The lowest BCUT2D eigenvalue weighted by molar-refractivity contribution is 0.0636. The molecular formula is C18H26N4O2. The van der Waals surface area contributed by atoms with E-state index in [4.69, 9.17) is 4.74 Å². The Hall–Kier alpha value is -2.29. The van der Waals surface area contributed by atoms with Gasteiger partial charge in [-0.25, -0.2) is 4.79 Å². The van der Waals surface area contributed by atoms with Crippen molar-refractivity contribution in [1.82, 2.24) is 4.98 Å². The van der Waals surface area contributed by atoms with Crippen LogP contribution < -0.4 is 10.2 Å². The SMILES string of the molecule is C[C@@H]1CN(c2ccncc2NC(=O)OC(C)(C)C)C[C@H](C)[C@@H]1C#N. The van der Waals surface area contributed by atoms with Crippen molar-refractivity contribution in [3.63, 3.8) is 0 Å². The number of nitriles is 1. The summed E-state index contributed by atoms with van der Waals surface area (Å²) in [7, 11) is 0. The number of hydrogen-bond donors (Lipinski definition) is 1. The molecule has 1 amide bonds. The minimum absolute atomic E-state index is 0.0605. The number of nitrogens with zero attached hydrogens (tertiary/aromatic N) is 3. The molecule has 1 saturated heterocycles. The van der Waals surface area contributed by atoms with Crippen molar-refractivity contribution in [3.05, 3.63) is 18.5 Å². The summed E-state index contributed by atoms with van der Waals surface area (Å²) >= 11 is 0. The monoisotopic (exact) mass is 330 g/mol. The van der Waals surface area contributed by atoms with Crippen LogP contribution in [0.25, 0.3) is 0 Å². The first-order chi connectivity index (χ1) is 11.2. The Morgan fingerprint density at radius 1 is 1.38 bits per heavy atom. The van der Waals surface area contributed by atoms with Crippen LogP contribution >= 0.6 is 0 Å². The van der Waals surface area contributed by atoms with Crippen LogP contribution in [0.15, 0.2) is 18.5 Å². The van der Waals surface area contributed by atoms with Crippen LogP contribution in [0, 0.1) is 29.1 Å². The molecule has 2 rings (SSSR count). The van der Waals surface area contributed by atoms with E-state index in [1.54, 1.807) is 12.4 Å². The Balaban J connectivity index is 2.17. The maximum Gasteiger partial charge on any atom is 0.412 e. The second-order valence-corrected chi connectivity index (χ2v) is 7.53. The van der Waals surface area contributed by atoms with E-state index in [2.05, 4.69) is 35.1 Å². The summed E-state index contributed by atoms with van der Waals surface area (Å²) in [5, 5.41) is 12.1. The molecule has 0 saturated carbocycles. The highest BCUT2D eigenvalue weighted by atomic mass is 16.6. The number of carbonyl (C=O) groups is 1. The van der Waals surface area contributed by atoms with Crippen LogP contribution in [0.1, 0.15) is 34.6 Å². The number of anilines is 2. The molecule has 0 spiro atoms. The zero-order chi connectivity index (χ0) is 17.9. The molecule has 2 heterocycles. The number of pyridine rings is 1. The molecule has 1 N–H and O–H groups in total. The van der Waals surface area contributed by atoms with E-state index in [0.29, 0.717) is 5.69 Å². The minimum atomic E-state index is -0.555. The van der Waals surface area contributed by atoms with Gasteiger partial charge in [0.2, 0.25) is 0 Å². The molecule has 1 fully saturated rings. The molecule has 0 unspecified atom stereocenters. The van der Waals surface area contributed by atoms with Crippen molar-refractivity contribution in [1.29, 1.82) is 5.26 Å². The lowest BCUT2D eigenvalue weighted by atomic mass is 9.80. The number of ether oxygens (including phenoxy) is 1. The summed E-state index contributed by atoms with van der Waals surface area (Å²) in [4.78, 5) is 18.4. The fourth-order valence-electron chi connectivity index (χ4n) is 3.18. The van der Waals surface area contributed by atoms with Gasteiger partial charge >= 0.3 is 6.09 Å². The number of piperidine rings is 1. The van der Waals surface area contributed by atoms with Gasteiger partial charge in [0.15, 0.2) is 0 Å². The average molecular weight is 330 g/mol. The summed E-state index contributed by atoms with van der Waals surface area (Å²) in [6, 6.07) is 4.31. The van der Waals surface area contributed by atoms with E-state index in [1.807, 2.05) is 26.8 Å². The van der Waals surface area contributed by atoms with E-state index in [1.165, 1.54) is 0 Å². The topological polar surface area (TPSA) is 78.2 Å². The van der Waals surface area contributed by atoms with E-state index in [9.17, 15) is 10.1 Å². The number of amides is 1. The smallest absolute Gasteiger partial charge is 0.412 e. The molecule has 24 heavy (non-hydrogen) atoms. The highest BCUT2D eigenvalue weighted by Crippen LogP contribution is 2.34. The Morgan fingerprint density at radius 3 is 2.54 bits per heavy atom. The summed E-state index contributed by atoms with van der Waals surface area (Å²) in [5.41, 5.74) is 0.980. The zero-order valence-electron chi connectivity index (χ0n) is 15.0. The van der Waals surface area contributed by atoms with E-state index in [-0.39, 0.29) is 17.8 Å². The highest BCUT2D eigenvalue weighted by molar-refractivity contribution is 5.89. The normalized spacial score (nSPS) is 24.2. The quantitative estimate of drug-likeness (QED) is 0.895. The molecule has 0 radical (unpaired) electrons. The maximum absolute atomic E-state index is 12.1. The predicted molar refractivity (Wildman–Crippen MR) is 93.7 cm³/mol. The van der Waals surface area contributed by atoms with Crippen molar-refractivity contribution in [2.45, 2.75) is 40.2 Å². The standard InChI is InChI=1S/C18H26N4O2/c1-12-10-22(11-13(2)14(12)8-19)16-6-7-20-9-15(16)21-17(23)24-18(3,4)5/h6-7,9,12-14H,10-11H2,1-5H3,(H,21,23)/t12-,13+,14-. The molecule has 0 aromatic carbocycles. The fourth-order valence-corrected chi connectivity index (χ4v) is 3.18. The van der Waals surface area contributed by atoms with Crippen molar-refractivity contribution in [3.8, 4) is 6.07 Å². The van der Waals surface area contributed by atoms with E-state index >= 15 is 0 Å².